The Labute approximate surface area is 181 Å². The zero-order chi connectivity index (χ0) is 20.1. The average Bonchev–Trinajstić information content (AvgIpc) is 2.99. The molecule has 0 saturated heterocycles. The Kier molecular flexibility index (Phi) is 6.22. The minimum Gasteiger partial charge on any atom is -0.123 e. The number of rotatable bonds is 5. The SMILES string of the molecule is CC(C)CCC[C@@H](C)[C@@H]1CC[C@@H]2[C@@H]3CC[C@H]4C[C@H](Cl)CC[C@]4(C)[C@H]3CC[C@]21C. The molecule has 9 atom stereocenters. The molecule has 162 valence electrons. The molecule has 0 radical (unpaired) electrons. The molecule has 0 nitrogen and oxygen atoms in total. The molecule has 0 aromatic rings. The molecule has 1 heteroatoms. The van der Waals surface area contributed by atoms with Crippen LogP contribution in [0.4, 0.5) is 0 Å². The van der Waals surface area contributed by atoms with Crippen molar-refractivity contribution in [2.24, 2.45) is 52.3 Å². The molecule has 0 aromatic carbocycles. The molecule has 4 rings (SSSR count). The van der Waals surface area contributed by atoms with Gasteiger partial charge in [0.05, 0.1) is 0 Å². The van der Waals surface area contributed by atoms with E-state index < -0.39 is 0 Å². The third kappa shape index (κ3) is 3.61. The van der Waals surface area contributed by atoms with Crippen LogP contribution in [0.5, 0.6) is 0 Å². The normalized spacial score (nSPS) is 49.4. The zero-order valence-electron chi connectivity index (χ0n) is 19.5. The number of alkyl halides is 1. The van der Waals surface area contributed by atoms with Gasteiger partial charge in [0.25, 0.3) is 0 Å². The van der Waals surface area contributed by atoms with Gasteiger partial charge in [0.15, 0.2) is 0 Å². The fourth-order valence-corrected chi connectivity index (χ4v) is 9.55. The lowest BCUT2D eigenvalue weighted by molar-refractivity contribution is -0.113. The Morgan fingerprint density at radius 3 is 2.29 bits per heavy atom. The van der Waals surface area contributed by atoms with Crippen molar-refractivity contribution in [1.82, 2.24) is 0 Å². The Balaban J connectivity index is 1.46. The van der Waals surface area contributed by atoms with Crippen molar-refractivity contribution in [3.05, 3.63) is 0 Å². The minimum absolute atomic E-state index is 0.464. The highest BCUT2D eigenvalue weighted by Gasteiger charge is 2.60. The van der Waals surface area contributed by atoms with Gasteiger partial charge in [-0.25, -0.2) is 0 Å². The lowest BCUT2D eigenvalue weighted by atomic mass is 9.44. The molecule has 4 aliphatic carbocycles. The van der Waals surface area contributed by atoms with Gasteiger partial charge in [0.1, 0.15) is 0 Å². The second kappa shape index (κ2) is 8.09. The Hall–Kier alpha value is 0.290. The number of hydrogen-bond donors (Lipinski definition) is 0. The Bertz CT molecular complexity index is 540. The van der Waals surface area contributed by atoms with Crippen LogP contribution in [0.3, 0.4) is 0 Å². The van der Waals surface area contributed by atoms with Crippen LogP contribution in [0, 0.1) is 52.3 Å². The largest absolute Gasteiger partial charge is 0.123 e. The fraction of sp³-hybridized carbons (Fsp3) is 1.00. The molecule has 0 heterocycles. The molecule has 0 bridgehead atoms. The van der Waals surface area contributed by atoms with E-state index in [1.165, 1.54) is 77.0 Å². The van der Waals surface area contributed by atoms with Gasteiger partial charge in [-0.05, 0) is 110 Å². The van der Waals surface area contributed by atoms with Gasteiger partial charge in [0, 0.05) is 5.38 Å². The van der Waals surface area contributed by atoms with Crippen molar-refractivity contribution in [1.29, 1.82) is 0 Å². The van der Waals surface area contributed by atoms with Crippen molar-refractivity contribution < 1.29 is 0 Å². The summed E-state index contributed by atoms with van der Waals surface area (Å²) in [5.41, 5.74) is 1.25. The smallest absolute Gasteiger partial charge is 0.0339 e. The Morgan fingerprint density at radius 1 is 0.821 bits per heavy atom. The van der Waals surface area contributed by atoms with Crippen molar-refractivity contribution in [3.8, 4) is 0 Å². The van der Waals surface area contributed by atoms with Crippen LogP contribution < -0.4 is 0 Å². The van der Waals surface area contributed by atoms with Crippen LogP contribution in [-0.4, -0.2) is 5.38 Å². The van der Waals surface area contributed by atoms with E-state index in [9.17, 15) is 0 Å². The summed E-state index contributed by atoms with van der Waals surface area (Å²) < 4.78 is 0. The molecule has 0 aliphatic heterocycles. The molecule has 0 unspecified atom stereocenters. The maximum absolute atomic E-state index is 6.60. The van der Waals surface area contributed by atoms with Gasteiger partial charge in [-0.3, -0.25) is 0 Å². The molecule has 0 aromatic heterocycles. The van der Waals surface area contributed by atoms with Crippen LogP contribution in [0.2, 0.25) is 0 Å². The van der Waals surface area contributed by atoms with E-state index in [4.69, 9.17) is 11.6 Å². The predicted molar refractivity (Wildman–Crippen MR) is 123 cm³/mol. The Morgan fingerprint density at radius 2 is 1.54 bits per heavy atom. The van der Waals surface area contributed by atoms with Gasteiger partial charge in [-0.15, -0.1) is 11.6 Å². The number of halogens is 1. The monoisotopic (exact) mass is 406 g/mol. The highest BCUT2D eigenvalue weighted by atomic mass is 35.5. The maximum atomic E-state index is 6.60. The van der Waals surface area contributed by atoms with Gasteiger partial charge in [-0.1, -0.05) is 53.9 Å². The fourth-order valence-electron chi connectivity index (χ4n) is 9.23. The molecule has 4 saturated carbocycles. The van der Waals surface area contributed by atoms with E-state index in [1.807, 2.05) is 0 Å². The van der Waals surface area contributed by atoms with E-state index in [1.54, 1.807) is 0 Å². The van der Waals surface area contributed by atoms with Crippen molar-refractivity contribution in [3.63, 3.8) is 0 Å². The summed E-state index contributed by atoms with van der Waals surface area (Å²) in [7, 11) is 0. The third-order valence-electron chi connectivity index (χ3n) is 10.8. The first kappa shape index (κ1) is 21.5. The van der Waals surface area contributed by atoms with Gasteiger partial charge in [-0.2, -0.15) is 0 Å². The van der Waals surface area contributed by atoms with Gasteiger partial charge >= 0.3 is 0 Å². The van der Waals surface area contributed by atoms with E-state index in [0.717, 1.165) is 41.4 Å². The molecular formula is C27H47Cl. The van der Waals surface area contributed by atoms with Crippen LogP contribution >= 0.6 is 11.6 Å². The molecule has 0 N–H and O–H groups in total. The topological polar surface area (TPSA) is 0 Å². The molecule has 28 heavy (non-hydrogen) atoms. The van der Waals surface area contributed by atoms with Crippen LogP contribution in [0.25, 0.3) is 0 Å². The first-order valence-electron chi connectivity index (χ1n) is 12.9. The molecule has 0 spiro atoms. The highest BCUT2D eigenvalue weighted by molar-refractivity contribution is 6.20. The third-order valence-corrected chi connectivity index (χ3v) is 11.2. The van der Waals surface area contributed by atoms with Gasteiger partial charge < -0.3 is 0 Å². The summed E-state index contributed by atoms with van der Waals surface area (Å²) in [6, 6.07) is 0. The quantitative estimate of drug-likeness (QED) is 0.400. The summed E-state index contributed by atoms with van der Waals surface area (Å²) in [6.07, 6.45) is 17.4. The summed E-state index contributed by atoms with van der Waals surface area (Å²) in [5, 5.41) is 0.464. The second-order valence-corrected chi connectivity index (χ2v) is 13.2. The lowest BCUT2D eigenvalue weighted by Crippen LogP contribution is -2.53. The molecule has 0 amide bonds. The average molecular weight is 407 g/mol. The lowest BCUT2D eigenvalue weighted by Gasteiger charge is -2.61. The minimum atomic E-state index is 0.464. The van der Waals surface area contributed by atoms with Crippen molar-refractivity contribution in [2.75, 3.05) is 0 Å². The van der Waals surface area contributed by atoms with E-state index in [2.05, 4.69) is 34.6 Å². The summed E-state index contributed by atoms with van der Waals surface area (Å²) in [5.74, 6) is 6.77. The van der Waals surface area contributed by atoms with Crippen LogP contribution in [0.15, 0.2) is 0 Å². The summed E-state index contributed by atoms with van der Waals surface area (Å²) in [4.78, 5) is 0. The first-order valence-corrected chi connectivity index (χ1v) is 13.3. The van der Waals surface area contributed by atoms with Gasteiger partial charge in [0.2, 0.25) is 0 Å². The standard InChI is InChI=1S/C27H47Cl/c1-18(2)7-6-8-19(3)23-11-12-24-22-10-9-20-17-21(28)13-15-26(20,4)25(22)14-16-27(23,24)5/h18-25H,6-17H2,1-5H3/t19-,20+,21-,22+,23+,24-,25+,26+,27+/m1/s1. The van der Waals surface area contributed by atoms with Crippen molar-refractivity contribution >= 4 is 11.6 Å². The van der Waals surface area contributed by atoms with Crippen LogP contribution in [0.1, 0.15) is 112 Å². The predicted octanol–water partition coefficient (Wildman–Crippen LogP) is 8.72. The van der Waals surface area contributed by atoms with E-state index in [-0.39, 0.29) is 0 Å². The van der Waals surface area contributed by atoms with E-state index >= 15 is 0 Å². The first-order chi connectivity index (χ1) is 13.3. The maximum Gasteiger partial charge on any atom is 0.0339 e. The zero-order valence-corrected chi connectivity index (χ0v) is 20.2. The summed E-state index contributed by atoms with van der Waals surface area (Å²) in [6.45, 7) is 12.8. The molecule has 4 aliphatic rings. The molecular weight excluding hydrogens is 360 g/mol. The second-order valence-electron chi connectivity index (χ2n) is 12.6. The van der Waals surface area contributed by atoms with E-state index in [0.29, 0.717) is 16.2 Å². The number of hydrogen-bond acceptors (Lipinski definition) is 0. The highest BCUT2D eigenvalue weighted by Crippen LogP contribution is 2.68. The van der Waals surface area contributed by atoms with Crippen LogP contribution in [-0.2, 0) is 0 Å². The van der Waals surface area contributed by atoms with Crippen molar-refractivity contribution in [2.45, 2.75) is 117 Å². The number of fused-ring (bicyclic) bond motifs is 5. The molecule has 4 fully saturated rings. The summed E-state index contributed by atoms with van der Waals surface area (Å²) >= 11 is 6.60.